The zero-order chi connectivity index (χ0) is 17.9. The van der Waals surface area contributed by atoms with Gasteiger partial charge in [0, 0.05) is 10.2 Å². The molecule has 0 aliphatic carbocycles. The molecular weight excluding hydrogens is 414 g/mol. The zero-order valence-electron chi connectivity index (χ0n) is 13.7. The Morgan fingerprint density at radius 2 is 1.81 bits per heavy atom. The van der Waals surface area contributed by atoms with Crippen molar-refractivity contribution in [2.45, 2.75) is 11.9 Å². The minimum Gasteiger partial charge on any atom is -0.340 e. The fourth-order valence-electron chi connectivity index (χ4n) is 2.71. The van der Waals surface area contributed by atoms with Gasteiger partial charge in [-0.1, -0.05) is 46.3 Å². The Balaban J connectivity index is 1.61. The van der Waals surface area contributed by atoms with Crippen molar-refractivity contribution in [3.8, 4) is 0 Å². The summed E-state index contributed by atoms with van der Waals surface area (Å²) in [5, 5.41) is 8.43. The van der Waals surface area contributed by atoms with Gasteiger partial charge in [0.1, 0.15) is 12.1 Å². The van der Waals surface area contributed by atoms with E-state index in [4.69, 9.17) is 11.6 Å². The van der Waals surface area contributed by atoms with Gasteiger partial charge < -0.3 is 5.32 Å². The predicted molar refractivity (Wildman–Crippen MR) is 108 cm³/mol. The Hall–Kier alpha value is -2.44. The van der Waals surface area contributed by atoms with E-state index in [1.165, 1.54) is 6.33 Å². The Bertz CT molecular complexity index is 1020. The molecule has 7 heteroatoms. The minimum atomic E-state index is -0.202. The van der Waals surface area contributed by atoms with E-state index in [2.05, 4.69) is 36.3 Å². The van der Waals surface area contributed by atoms with Crippen LogP contribution in [0.1, 0.15) is 10.9 Å². The van der Waals surface area contributed by atoms with Gasteiger partial charge in [-0.05, 0) is 29.8 Å². The van der Waals surface area contributed by atoms with Gasteiger partial charge >= 0.3 is 0 Å². The lowest BCUT2D eigenvalue weighted by molar-refractivity contribution is 0.615. The molecule has 0 spiro atoms. The second-order valence-electron chi connectivity index (χ2n) is 5.80. The minimum absolute atomic E-state index is 0.202. The Kier molecular flexibility index (Phi) is 4.86. The van der Waals surface area contributed by atoms with Crippen LogP contribution in [0.25, 0.3) is 11.0 Å². The van der Waals surface area contributed by atoms with Crippen LogP contribution < -0.4 is 5.32 Å². The predicted octanol–water partition coefficient (Wildman–Crippen LogP) is 5.31. The lowest BCUT2D eigenvalue weighted by atomic mass is 10.1. The summed E-state index contributed by atoms with van der Waals surface area (Å²) in [4.78, 5) is 8.74. The van der Waals surface area contributed by atoms with Crippen molar-refractivity contribution in [2.75, 3.05) is 5.32 Å². The Morgan fingerprint density at radius 1 is 1.04 bits per heavy atom. The number of rotatable bonds is 5. The molecule has 0 bridgehead atoms. The largest absolute Gasteiger partial charge is 0.340 e. The second kappa shape index (κ2) is 7.43. The maximum atomic E-state index is 6.58. The molecular formula is C19H15BrClN5. The number of benzene rings is 2. The monoisotopic (exact) mass is 427 g/mol. The molecule has 2 aromatic carbocycles. The number of aromatic nitrogens is 4. The van der Waals surface area contributed by atoms with Crippen LogP contribution >= 0.6 is 27.5 Å². The number of hydrogen-bond donors (Lipinski definition) is 1. The molecule has 0 amide bonds. The summed E-state index contributed by atoms with van der Waals surface area (Å²) >= 11 is 10.0. The van der Waals surface area contributed by atoms with Gasteiger partial charge in [-0.2, -0.15) is 5.10 Å². The smallest absolute Gasteiger partial charge is 0.163 e. The average Bonchev–Trinajstić information content (AvgIpc) is 3.07. The van der Waals surface area contributed by atoms with Gasteiger partial charge in [-0.15, -0.1) is 11.6 Å². The first kappa shape index (κ1) is 17.0. The molecule has 1 atom stereocenters. The van der Waals surface area contributed by atoms with Crippen molar-refractivity contribution in [1.82, 2.24) is 19.7 Å². The Morgan fingerprint density at radius 3 is 2.58 bits per heavy atom. The quantitative estimate of drug-likeness (QED) is 0.438. The van der Waals surface area contributed by atoms with E-state index in [1.54, 1.807) is 6.20 Å². The number of nitrogens with zero attached hydrogens (tertiary/aromatic N) is 4. The highest BCUT2D eigenvalue weighted by Gasteiger charge is 2.14. The van der Waals surface area contributed by atoms with Crippen molar-refractivity contribution in [2.24, 2.45) is 0 Å². The van der Waals surface area contributed by atoms with Crippen LogP contribution in [0.15, 0.2) is 71.6 Å². The summed E-state index contributed by atoms with van der Waals surface area (Å²) in [5.74, 6) is 0.724. The molecule has 0 aliphatic rings. The molecule has 26 heavy (non-hydrogen) atoms. The fourth-order valence-corrected chi connectivity index (χ4v) is 3.25. The average molecular weight is 429 g/mol. The third kappa shape index (κ3) is 3.57. The molecule has 0 saturated carbocycles. The molecule has 5 nitrogen and oxygen atoms in total. The highest BCUT2D eigenvalue weighted by atomic mass is 79.9. The number of anilines is 2. The van der Waals surface area contributed by atoms with Crippen molar-refractivity contribution < 1.29 is 0 Å². The number of alkyl halides is 1. The van der Waals surface area contributed by atoms with Crippen LogP contribution in [-0.2, 0) is 6.54 Å². The molecule has 0 radical (unpaired) electrons. The highest BCUT2D eigenvalue weighted by Crippen LogP contribution is 2.27. The molecule has 2 aromatic heterocycles. The van der Waals surface area contributed by atoms with Crippen LogP contribution in [0.3, 0.4) is 0 Å². The SMILES string of the molecule is ClC(Cn1ncc2c(Nc3ccccc3)ncnc21)c1ccc(Br)cc1. The van der Waals surface area contributed by atoms with E-state index < -0.39 is 0 Å². The van der Waals surface area contributed by atoms with Crippen molar-refractivity contribution in [1.29, 1.82) is 0 Å². The van der Waals surface area contributed by atoms with Gasteiger partial charge in [-0.3, -0.25) is 0 Å². The molecule has 4 aromatic rings. The van der Waals surface area contributed by atoms with Crippen LogP contribution in [-0.4, -0.2) is 19.7 Å². The number of para-hydroxylation sites is 1. The lowest BCUT2D eigenvalue weighted by Gasteiger charge is -2.11. The summed E-state index contributed by atoms with van der Waals surface area (Å²) in [7, 11) is 0. The molecule has 130 valence electrons. The highest BCUT2D eigenvalue weighted by molar-refractivity contribution is 9.10. The molecule has 1 unspecified atom stereocenters. The summed E-state index contributed by atoms with van der Waals surface area (Å²) in [6.45, 7) is 0.522. The van der Waals surface area contributed by atoms with Gasteiger partial charge in [0.25, 0.3) is 0 Å². The molecule has 4 rings (SSSR count). The third-order valence-corrected chi connectivity index (χ3v) is 4.95. The van der Waals surface area contributed by atoms with Gasteiger partial charge in [0.05, 0.1) is 23.5 Å². The van der Waals surface area contributed by atoms with Crippen molar-refractivity contribution in [3.63, 3.8) is 0 Å². The van der Waals surface area contributed by atoms with E-state index in [1.807, 2.05) is 59.3 Å². The molecule has 2 heterocycles. The van der Waals surface area contributed by atoms with Crippen molar-refractivity contribution in [3.05, 3.63) is 77.2 Å². The number of halogens is 2. The van der Waals surface area contributed by atoms with Crippen molar-refractivity contribution >= 4 is 50.1 Å². The number of fused-ring (bicyclic) bond motifs is 1. The van der Waals surface area contributed by atoms with Crippen LogP contribution in [0, 0.1) is 0 Å². The van der Waals surface area contributed by atoms with E-state index in [0.717, 1.165) is 32.6 Å². The van der Waals surface area contributed by atoms with Crippen LogP contribution in [0.4, 0.5) is 11.5 Å². The molecule has 1 N–H and O–H groups in total. The summed E-state index contributed by atoms with van der Waals surface area (Å²) in [6, 6.07) is 17.9. The maximum absolute atomic E-state index is 6.58. The first-order chi connectivity index (χ1) is 12.7. The molecule has 0 fully saturated rings. The number of hydrogen-bond acceptors (Lipinski definition) is 4. The second-order valence-corrected chi connectivity index (χ2v) is 7.24. The van der Waals surface area contributed by atoms with Gasteiger partial charge in [0.2, 0.25) is 0 Å². The molecule has 0 saturated heterocycles. The lowest BCUT2D eigenvalue weighted by Crippen LogP contribution is -2.07. The van der Waals surface area contributed by atoms with E-state index in [0.29, 0.717) is 6.54 Å². The fraction of sp³-hybridized carbons (Fsp3) is 0.105. The Labute approximate surface area is 164 Å². The number of nitrogens with one attached hydrogen (secondary N) is 1. The zero-order valence-corrected chi connectivity index (χ0v) is 16.0. The summed E-state index contributed by atoms with van der Waals surface area (Å²) in [5.41, 5.74) is 2.75. The van der Waals surface area contributed by atoms with E-state index in [9.17, 15) is 0 Å². The van der Waals surface area contributed by atoms with Crippen LogP contribution in [0.2, 0.25) is 0 Å². The van der Waals surface area contributed by atoms with E-state index in [-0.39, 0.29) is 5.38 Å². The standard InChI is InChI=1S/C19H15BrClN5/c20-14-8-6-13(7-9-14)17(21)11-26-19-16(10-24-26)18(22-12-23-19)25-15-4-2-1-3-5-15/h1-10,12,17H,11H2,(H,22,23,25). The maximum Gasteiger partial charge on any atom is 0.163 e. The van der Waals surface area contributed by atoms with Gasteiger partial charge in [-0.25, -0.2) is 14.6 Å². The topological polar surface area (TPSA) is 55.6 Å². The van der Waals surface area contributed by atoms with Crippen LogP contribution in [0.5, 0.6) is 0 Å². The molecule has 0 aliphatic heterocycles. The van der Waals surface area contributed by atoms with Gasteiger partial charge in [0.15, 0.2) is 5.65 Å². The first-order valence-corrected chi connectivity index (χ1v) is 9.32. The van der Waals surface area contributed by atoms with E-state index >= 15 is 0 Å². The summed E-state index contributed by atoms with van der Waals surface area (Å²) in [6.07, 6.45) is 3.31. The summed E-state index contributed by atoms with van der Waals surface area (Å²) < 4.78 is 2.84. The first-order valence-electron chi connectivity index (χ1n) is 8.09. The third-order valence-electron chi connectivity index (χ3n) is 4.04. The normalized spacial score (nSPS) is 12.2.